The Morgan fingerprint density at radius 2 is 2.20 bits per heavy atom. The zero-order chi connectivity index (χ0) is 7.56. The van der Waals surface area contributed by atoms with Crippen LogP contribution in [0.3, 0.4) is 0 Å². The van der Waals surface area contributed by atoms with Crippen LogP contribution in [0.1, 0.15) is 5.56 Å². The molecule has 0 spiro atoms. The first-order chi connectivity index (χ1) is 4.74. The minimum Gasteiger partial charge on any atom is -0.398 e. The Bertz CT molecular complexity index is 260. The van der Waals surface area contributed by atoms with Crippen LogP contribution in [-0.2, 0) is 4.79 Å². The maximum absolute atomic E-state index is 10.2. The normalized spacial score (nSPS) is 9.30. The monoisotopic (exact) mass is 198 g/mol. The van der Waals surface area contributed by atoms with Gasteiger partial charge in [-0.25, -0.2) is 0 Å². The Morgan fingerprint density at radius 3 is 2.70 bits per heavy atom. The lowest BCUT2D eigenvalue weighted by Crippen LogP contribution is -1.91. The summed E-state index contributed by atoms with van der Waals surface area (Å²) in [6.07, 6.45) is 1.73. The van der Waals surface area contributed by atoms with Gasteiger partial charge in [0.25, 0.3) is 0 Å². The molecule has 0 atom stereocenters. The predicted molar refractivity (Wildman–Crippen MR) is 43.3 cm³/mol. The van der Waals surface area contributed by atoms with Crippen molar-refractivity contribution < 1.29 is 4.79 Å². The van der Waals surface area contributed by atoms with E-state index in [2.05, 4.69) is 15.9 Å². The van der Waals surface area contributed by atoms with E-state index in [0.29, 0.717) is 11.3 Å². The number of hydrogen-bond donors (Lipinski definition) is 1. The van der Waals surface area contributed by atoms with Crippen molar-refractivity contribution >= 4 is 27.9 Å². The van der Waals surface area contributed by atoms with E-state index in [1.54, 1.807) is 24.5 Å². The molecule has 1 aromatic carbocycles. The summed E-state index contributed by atoms with van der Waals surface area (Å²) in [6.45, 7) is 0. The maximum Gasteiger partial charge on any atom is 0.235 e. The largest absolute Gasteiger partial charge is 0.398 e. The molecule has 0 aliphatic carbocycles. The van der Waals surface area contributed by atoms with Gasteiger partial charge in [0.2, 0.25) is 6.29 Å². The quantitative estimate of drug-likeness (QED) is 0.696. The molecule has 0 fully saturated rings. The molecule has 2 N–H and O–H groups in total. The van der Waals surface area contributed by atoms with Crippen LogP contribution in [-0.4, -0.2) is 6.29 Å². The zero-order valence-electron chi connectivity index (χ0n) is 5.10. The summed E-state index contributed by atoms with van der Waals surface area (Å²) in [5.74, 6) is 0. The Balaban J connectivity index is 3.21. The summed E-state index contributed by atoms with van der Waals surface area (Å²) in [5.41, 5.74) is 6.27. The highest BCUT2D eigenvalue weighted by atomic mass is 79.9. The first-order valence-electron chi connectivity index (χ1n) is 2.67. The van der Waals surface area contributed by atoms with Gasteiger partial charge in [0.15, 0.2) is 0 Å². The number of halogens is 1. The Hall–Kier alpha value is -0.830. The van der Waals surface area contributed by atoms with Crippen LogP contribution >= 0.6 is 15.9 Å². The molecule has 1 rings (SSSR count). The van der Waals surface area contributed by atoms with Crippen molar-refractivity contribution in [2.24, 2.45) is 0 Å². The molecule has 0 aliphatic rings. The van der Waals surface area contributed by atoms with E-state index in [0.717, 1.165) is 4.47 Å². The fraction of sp³-hybridized carbons (Fsp3) is 0. The fourth-order valence-electron chi connectivity index (χ4n) is 0.617. The number of anilines is 1. The predicted octanol–water partition coefficient (Wildman–Crippen LogP) is 1.49. The van der Waals surface area contributed by atoms with Crippen LogP contribution in [0.15, 0.2) is 22.7 Å². The summed E-state index contributed by atoms with van der Waals surface area (Å²) in [4.78, 5) is 10.2. The standard InChI is InChI=1S/C7H5BrNO/c8-6-1-2-7(9)5(3-6)4-10/h1-3H,9H2. The van der Waals surface area contributed by atoms with Crippen molar-refractivity contribution in [2.75, 3.05) is 5.73 Å². The second-order valence-electron chi connectivity index (χ2n) is 1.83. The van der Waals surface area contributed by atoms with E-state index in [9.17, 15) is 4.79 Å². The number of rotatable bonds is 1. The Morgan fingerprint density at radius 1 is 1.50 bits per heavy atom. The summed E-state index contributed by atoms with van der Waals surface area (Å²) in [5, 5.41) is 0. The van der Waals surface area contributed by atoms with Crippen molar-refractivity contribution in [2.45, 2.75) is 0 Å². The maximum atomic E-state index is 10.2. The van der Waals surface area contributed by atoms with Crippen molar-refractivity contribution in [3.05, 3.63) is 28.2 Å². The first-order valence-corrected chi connectivity index (χ1v) is 3.46. The van der Waals surface area contributed by atoms with E-state index < -0.39 is 0 Å². The van der Waals surface area contributed by atoms with Crippen molar-refractivity contribution in [1.29, 1.82) is 0 Å². The third kappa shape index (κ3) is 1.36. The summed E-state index contributed by atoms with van der Waals surface area (Å²) >= 11 is 3.20. The number of nitrogen functional groups attached to an aromatic ring is 1. The average Bonchev–Trinajstić information content (AvgIpc) is 1.94. The topological polar surface area (TPSA) is 43.1 Å². The van der Waals surface area contributed by atoms with Gasteiger partial charge in [0.05, 0.1) is 5.56 Å². The van der Waals surface area contributed by atoms with Crippen LogP contribution in [0.4, 0.5) is 5.69 Å². The van der Waals surface area contributed by atoms with Gasteiger partial charge in [-0.05, 0) is 18.2 Å². The Kier molecular flexibility index (Phi) is 2.06. The average molecular weight is 199 g/mol. The lowest BCUT2D eigenvalue weighted by molar-refractivity contribution is 0.563. The summed E-state index contributed by atoms with van der Waals surface area (Å²) in [7, 11) is 0. The number of nitrogens with two attached hydrogens (primary N) is 1. The van der Waals surface area contributed by atoms with Crippen LogP contribution in [0.25, 0.3) is 0 Å². The zero-order valence-corrected chi connectivity index (χ0v) is 6.68. The van der Waals surface area contributed by atoms with E-state index >= 15 is 0 Å². The highest BCUT2D eigenvalue weighted by molar-refractivity contribution is 9.10. The smallest absolute Gasteiger partial charge is 0.235 e. The molecule has 0 amide bonds. The molecular weight excluding hydrogens is 194 g/mol. The molecule has 10 heavy (non-hydrogen) atoms. The van der Waals surface area contributed by atoms with Gasteiger partial charge in [-0.15, -0.1) is 0 Å². The first kappa shape index (κ1) is 7.28. The van der Waals surface area contributed by atoms with Gasteiger partial charge in [-0.1, -0.05) is 15.9 Å². The molecule has 0 bridgehead atoms. The third-order valence-corrected chi connectivity index (χ3v) is 1.62. The lowest BCUT2D eigenvalue weighted by Gasteiger charge is -1.95. The molecule has 0 saturated carbocycles. The van der Waals surface area contributed by atoms with Gasteiger partial charge in [-0.3, -0.25) is 4.79 Å². The highest BCUT2D eigenvalue weighted by Crippen LogP contribution is 2.15. The van der Waals surface area contributed by atoms with E-state index in [-0.39, 0.29) is 0 Å². The van der Waals surface area contributed by atoms with Crippen molar-refractivity contribution in [3.8, 4) is 0 Å². The molecule has 0 saturated heterocycles. The molecule has 51 valence electrons. The Labute approximate surface area is 67.2 Å². The van der Waals surface area contributed by atoms with Gasteiger partial charge in [0.1, 0.15) is 0 Å². The molecule has 0 heterocycles. The summed E-state index contributed by atoms with van der Waals surface area (Å²) < 4.78 is 0.833. The van der Waals surface area contributed by atoms with Crippen molar-refractivity contribution in [3.63, 3.8) is 0 Å². The minimum atomic E-state index is 0.398. The molecule has 2 nitrogen and oxygen atoms in total. The molecule has 0 aromatic heterocycles. The molecule has 1 radical (unpaired) electrons. The SMILES string of the molecule is Nc1ccc(Br)cc1[C]=O. The highest BCUT2D eigenvalue weighted by Gasteiger charge is 1.97. The van der Waals surface area contributed by atoms with Gasteiger partial charge in [-0.2, -0.15) is 0 Å². The van der Waals surface area contributed by atoms with Crippen molar-refractivity contribution in [1.82, 2.24) is 0 Å². The molecule has 0 unspecified atom stereocenters. The van der Waals surface area contributed by atoms with Gasteiger partial charge < -0.3 is 5.73 Å². The molecule has 0 aliphatic heterocycles. The van der Waals surface area contributed by atoms with Crippen LogP contribution in [0.2, 0.25) is 0 Å². The number of benzene rings is 1. The molecular formula is C7H5BrNO. The lowest BCUT2D eigenvalue weighted by atomic mass is 10.2. The fourth-order valence-corrected chi connectivity index (χ4v) is 0.978. The minimum absolute atomic E-state index is 0.398. The molecule has 1 aromatic rings. The van der Waals surface area contributed by atoms with Gasteiger partial charge >= 0.3 is 0 Å². The molecule has 3 heteroatoms. The number of carbonyl (C=O) groups excluding carboxylic acids is 1. The summed E-state index contributed by atoms with van der Waals surface area (Å²) in [6, 6.07) is 5.06. The van der Waals surface area contributed by atoms with E-state index in [1.807, 2.05) is 0 Å². The second-order valence-corrected chi connectivity index (χ2v) is 2.75. The van der Waals surface area contributed by atoms with Crippen LogP contribution < -0.4 is 5.73 Å². The number of hydrogen-bond acceptors (Lipinski definition) is 2. The van der Waals surface area contributed by atoms with E-state index in [4.69, 9.17) is 5.73 Å². The van der Waals surface area contributed by atoms with Gasteiger partial charge in [0, 0.05) is 10.2 Å². The van der Waals surface area contributed by atoms with E-state index in [1.165, 1.54) is 0 Å². The van der Waals surface area contributed by atoms with Crippen LogP contribution in [0.5, 0.6) is 0 Å². The third-order valence-electron chi connectivity index (χ3n) is 1.13. The second kappa shape index (κ2) is 2.84. The van der Waals surface area contributed by atoms with Crippen LogP contribution in [0, 0.1) is 0 Å².